The molecular weight excluding hydrogens is 348 g/mol. The van der Waals surface area contributed by atoms with Crippen molar-refractivity contribution in [2.24, 2.45) is 0 Å². The molecule has 0 spiro atoms. The van der Waals surface area contributed by atoms with Crippen molar-refractivity contribution >= 4 is 31.6 Å². The second-order valence-corrected chi connectivity index (χ2v) is 6.84. The number of nitrogens with two attached hydrogens (primary N) is 1. The summed E-state index contributed by atoms with van der Waals surface area (Å²) in [4.78, 5) is 0.180. The molecule has 0 aliphatic rings. The van der Waals surface area contributed by atoms with Gasteiger partial charge in [0.25, 0.3) is 0 Å². The van der Waals surface area contributed by atoms with Gasteiger partial charge >= 0.3 is 0 Å². The van der Waals surface area contributed by atoms with Gasteiger partial charge in [0.1, 0.15) is 0 Å². The predicted molar refractivity (Wildman–Crippen MR) is 81.1 cm³/mol. The lowest BCUT2D eigenvalue weighted by Crippen LogP contribution is -2.36. The molecule has 1 aromatic carbocycles. The van der Waals surface area contributed by atoms with E-state index in [1.54, 1.807) is 12.1 Å². The highest BCUT2D eigenvalue weighted by molar-refractivity contribution is 9.10. The van der Waals surface area contributed by atoms with Gasteiger partial charge in [-0.15, -0.1) is 0 Å². The predicted octanol–water partition coefficient (Wildman–Crippen LogP) is 1.31. The summed E-state index contributed by atoms with van der Waals surface area (Å²) < 4.78 is 36.9. The van der Waals surface area contributed by atoms with E-state index in [1.165, 1.54) is 24.6 Å². The van der Waals surface area contributed by atoms with Gasteiger partial charge < -0.3 is 15.2 Å². The molecule has 0 amide bonds. The van der Waals surface area contributed by atoms with Crippen LogP contribution in [0.25, 0.3) is 0 Å². The molecule has 0 aliphatic carbocycles. The van der Waals surface area contributed by atoms with Gasteiger partial charge in [0, 0.05) is 37.5 Å². The topological polar surface area (TPSA) is 81.9 Å². The summed E-state index contributed by atoms with van der Waals surface area (Å²) in [6.07, 6.45) is 0. The average Bonchev–Trinajstić information content (AvgIpc) is 2.38. The summed E-state index contributed by atoms with van der Waals surface area (Å²) in [6, 6.07) is 4.61. The number of ether oxygens (including phenoxy) is 2. The number of halogens is 1. The summed E-state index contributed by atoms with van der Waals surface area (Å²) in [5.74, 6) is 0. The van der Waals surface area contributed by atoms with Crippen LogP contribution < -0.4 is 5.73 Å². The van der Waals surface area contributed by atoms with Crippen molar-refractivity contribution in [3.63, 3.8) is 0 Å². The van der Waals surface area contributed by atoms with Crippen LogP contribution in [0.5, 0.6) is 0 Å². The zero-order valence-electron chi connectivity index (χ0n) is 11.5. The zero-order valence-corrected chi connectivity index (χ0v) is 13.9. The fourth-order valence-electron chi connectivity index (χ4n) is 1.60. The second-order valence-electron chi connectivity index (χ2n) is 4.08. The van der Waals surface area contributed by atoms with Crippen molar-refractivity contribution in [1.82, 2.24) is 4.31 Å². The first kappa shape index (κ1) is 17.4. The van der Waals surface area contributed by atoms with E-state index in [2.05, 4.69) is 15.9 Å². The number of sulfonamides is 1. The Bertz CT molecular complexity index is 528. The number of hydrogen-bond donors (Lipinski definition) is 1. The number of nitrogen functional groups attached to an aromatic ring is 1. The van der Waals surface area contributed by atoms with Gasteiger partial charge in [-0.3, -0.25) is 0 Å². The molecule has 0 bridgehead atoms. The summed E-state index contributed by atoms with van der Waals surface area (Å²) in [5, 5.41) is 0. The standard InChI is InChI=1S/C12H19BrN2O4S/c1-18-7-5-15(6-8-19-2)20(16,17)12-4-3-10(14)9-11(12)13/h3-4,9H,5-8,14H2,1-2H3. The van der Waals surface area contributed by atoms with Crippen LogP contribution in [0.4, 0.5) is 5.69 Å². The summed E-state index contributed by atoms with van der Waals surface area (Å²) >= 11 is 3.24. The molecule has 0 radical (unpaired) electrons. The van der Waals surface area contributed by atoms with Gasteiger partial charge in [-0.25, -0.2) is 8.42 Å². The van der Waals surface area contributed by atoms with Crippen LogP contribution in [-0.4, -0.2) is 53.2 Å². The van der Waals surface area contributed by atoms with Crippen molar-refractivity contribution in [3.8, 4) is 0 Å². The summed E-state index contributed by atoms with van der Waals surface area (Å²) in [6.45, 7) is 1.16. The minimum atomic E-state index is -3.62. The Balaban J connectivity index is 3.07. The molecular formula is C12H19BrN2O4S. The molecule has 114 valence electrons. The Morgan fingerprint density at radius 3 is 2.20 bits per heavy atom. The smallest absolute Gasteiger partial charge is 0.244 e. The summed E-state index contributed by atoms with van der Waals surface area (Å²) in [5.41, 5.74) is 6.13. The van der Waals surface area contributed by atoms with Crippen molar-refractivity contribution in [2.75, 3.05) is 46.3 Å². The number of benzene rings is 1. The van der Waals surface area contributed by atoms with E-state index in [0.29, 0.717) is 23.4 Å². The van der Waals surface area contributed by atoms with Gasteiger partial charge in [-0.2, -0.15) is 4.31 Å². The first-order valence-electron chi connectivity index (χ1n) is 5.96. The fourth-order valence-corrected chi connectivity index (χ4v) is 4.07. The normalized spacial score (nSPS) is 12.0. The van der Waals surface area contributed by atoms with E-state index < -0.39 is 10.0 Å². The molecule has 2 N–H and O–H groups in total. The number of rotatable bonds is 8. The lowest BCUT2D eigenvalue weighted by molar-refractivity contribution is 0.150. The molecule has 8 heteroatoms. The average molecular weight is 367 g/mol. The van der Waals surface area contributed by atoms with Crippen molar-refractivity contribution < 1.29 is 17.9 Å². The molecule has 0 heterocycles. The molecule has 0 aliphatic heterocycles. The highest BCUT2D eigenvalue weighted by Gasteiger charge is 2.26. The van der Waals surface area contributed by atoms with Gasteiger partial charge in [0.05, 0.1) is 18.1 Å². The Hall–Kier alpha value is -0.670. The molecule has 0 unspecified atom stereocenters. The second kappa shape index (κ2) is 7.94. The third kappa shape index (κ3) is 4.42. The number of hydrogen-bond acceptors (Lipinski definition) is 5. The molecule has 0 aromatic heterocycles. The van der Waals surface area contributed by atoms with Crippen molar-refractivity contribution in [1.29, 1.82) is 0 Å². The van der Waals surface area contributed by atoms with E-state index in [4.69, 9.17) is 15.2 Å². The van der Waals surface area contributed by atoms with E-state index in [9.17, 15) is 8.42 Å². The van der Waals surface area contributed by atoms with E-state index in [-0.39, 0.29) is 18.0 Å². The Morgan fingerprint density at radius 1 is 1.20 bits per heavy atom. The Kier molecular flexibility index (Phi) is 6.90. The third-order valence-corrected chi connectivity index (χ3v) is 5.54. The maximum absolute atomic E-state index is 12.6. The number of methoxy groups -OCH3 is 2. The number of nitrogens with zero attached hydrogens (tertiary/aromatic N) is 1. The van der Waals surface area contributed by atoms with E-state index in [1.807, 2.05) is 0 Å². The molecule has 20 heavy (non-hydrogen) atoms. The summed E-state index contributed by atoms with van der Waals surface area (Å²) in [7, 11) is -0.566. The maximum atomic E-state index is 12.6. The number of anilines is 1. The molecule has 0 saturated heterocycles. The lowest BCUT2D eigenvalue weighted by Gasteiger charge is -2.22. The van der Waals surface area contributed by atoms with Crippen molar-refractivity contribution in [2.45, 2.75) is 4.90 Å². The zero-order chi connectivity index (χ0) is 15.2. The largest absolute Gasteiger partial charge is 0.399 e. The van der Waals surface area contributed by atoms with Gasteiger partial charge in [0.15, 0.2) is 0 Å². The quantitative estimate of drug-likeness (QED) is 0.701. The van der Waals surface area contributed by atoms with Gasteiger partial charge in [-0.05, 0) is 34.1 Å². The van der Waals surface area contributed by atoms with Crippen LogP contribution >= 0.6 is 15.9 Å². The van der Waals surface area contributed by atoms with Crippen LogP contribution in [-0.2, 0) is 19.5 Å². The highest BCUT2D eigenvalue weighted by Crippen LogP contribution is 2.26. The first-order valence-corrected chi connectivity index (χ1v) is 8.20. The van der Waals surface area contributed by atoms with Crippen LogP contribution in [0.15, 0.2) is 27.6 Å². The molecule has 0 fully saturated rings. The van der Waals surface area contributed by atoms with Crippen LogP contribution in [0.2, 0.25) is 0 Å². The van der Waals surface area contributed by atoms with E-state index >= 15 is 0 Å². The monoisotopic (exact) mass is 366 g/mol. The maximum Gasteiger partial charge on any atom is 0.244 e. The van der Waals surface area contributed by atoms with Gasteiger partial charge in [0.2, 0.25) is 10.0 Å². The molecule has 1 aromatic rings. The Labute approximate surface area is 128 Å². The van der Waals surface area contributed by atoms with Crippen LogP contribution in [0, 0.1) is 0 Å². The lowest BCUT2D eigenvalue weighted by atomic mass is 10.3. The molecule has 6 nitrogen and oxygen atoms in total. The van der Waals surface area contributed by atoms with Crippen LogP contribution in [0.3, 0.4) is 0 Å². The minimum absolute atomic E-state index is 0.180. The van der Waals surface area contributed by atoms with E-state index in [0.717, 1.165) is 0 Å². The SMILES string of the molecule is COCCN(CCOC)S(=O)(=O)c1ccc(N)cc1Br. The molecule has 1 rings (SSSR count). The fraction of sp³-hybridized carbons (Fsp3) is 0.500. The van der Waals surface area contributed by atoms with Crippen molar-refractivity contribution in [3.05, 3.63) is 22.7 Å². The first-order chi connectivity index (χ1) is 9.43. The third-order valence-electron chi connectivity index (χ3n) is 2.66. The van der Waals surface area contributed by atoms with Gasteiger partial charge in [-0.1, -0.05) is 0 Å². The highest BCUT2D eigenvalue weighted by atomic mass is 79.9. The molecule has 0 atom stereocenters. The Morgan fingerprint density at radius 2 is 1.75 bits per heavy atom. The van der Waals surface area contributed by atoms with Crippen LogP contribution in [0.1, 0.15) is 0 Å². The minimum Gasteiger partial charge on any atom is -0.399 e. The molecule has 0 saturated carbocycles.